The molecule has 0 aliphatic carbocycles. The summed E-state index contributed by atoms with van der Waals surface area (Å²) in [6.45, 7) is 11.0. The van der Waals surface area contributed by atoms with E-state index >= 15 is 0 Å². The van der Waals surface area contributed by atoms with Crippen LogP contribution in [0.3, 0.4) is 0 Å². The quantitative estimate of drug-likeness (QED) is 0.396. The zero-order valence-corrected chi connectivity index (χ0v) is 18.9. The molecule has 2 saturated heterocycles. The molecule has 2 atom stereocenters. The summed E-state index contributed by atoms with van der Waals surface area (Å²) in [6.07, 6.45) is 10.00. The Morgan fingerprint density at radius 3 is 2.28 bits per heavy atom. The van der Waals surface area contributed by atoms with Gasteiger partial charge in [0.15, 0.2) is 0 Å². The van der Waals surface area contributed by atoms with E-state index in [0.29, 0.717) is 11.4 Å². The van der Waals surface area contributed by atoms with Crippen LogP contribution in [-0.2, 0) is 14.0 Å². The lowest BCUT2D eigenvalue weighted by atomic mass is 9.78. The van der Waals surface area contributed by atoms with Gasteiger partial charge >= 0.3 is 7.12 Å². The molecule has 0 amide bonds. The molecule has 0 N–H and O–H groups in total. The van der Waals surface area contributed by atoms with Crippen LogP contribution in [0.25, 0.3) is 0 Å². The van der Waals surface area contributed by atoms with Crippen molar-refractivity contribution in [2.24, 2.45) is 5.92 Å². The molecule has 0 spiro atoms. The van der Waals surface area contributed by atoms with Crippen LogP contribution in [0.1, 0.15) is 97.7 Å². The average molecular weight is 404 g/mol. The minimum Gasteiger partial charge on any atom is -0.399 e. The number of rotatable bonds is 8. The zero-order chi connectivity index (χ0) is 21.1. The highest BCUT2D eigenvalue weighted by Gasteiger charge is 2.52. The zero-order valence-electron chi connectivity index (χ0n) is 18.9. The Kier molecular flexibility index (Phi) is 7.45. The largest absolute Gasteiger partial charge is 0.497 e. The fourth-order valence-electron chi connectivity index (χ4n) is 4.24. The highest BCUT2D eigenvalue weighted by molar-refractivity contribution is 6.62. The number of unbranched alkanes of at least 4 members (excludes halogenated alkanes) is 4. The second-order valence-corrected chi connectivity index (χ2v) is 9.84. The minimum absolute atomic E-state index is 0.00631. The van der Waals surface area contributed by atoms with Crippen molar-refractivity contribution >= 4 is 12.6 Å². The Balaban J connectivity index is 1.53. The molecule has 1 aromatic rings. The van der Waals surface area contributed by atoms with Gasteiger partial charge in [0.1, 0.15) is 5.82 Å². The molecule has 0 aromatic heterocycles. The summed E-state index contributed by atoms with van der Waals surface area (Å²) in [5.41, 5.74) is 0.444. The predicted molar refractivity (Wildman–Crippen MR) is 117 cm³/mol. The third kappa shape index (κ3) is 5.42. The van der Waals surface area contributed by atoms with Crippen LogP contribution < -0.4 is 5.46 Å². The van der Waals surface area contributed by atoms with Gasteiger partial charge in [-0.15, -0.1) is 0 Å². The van der Waals surface area contributed by atoms with E-state index in [1.54, 1.807) is 12.1 Å². The molecular weight excluding hydrogens is 366 g/mol. The van der Waals surface area contributed by atoms with Gasteiger partial charge in [0.2, 0.25) is 0 Å². The highest BCUT2D eigenvalue weighted by Crippen LogP contribution is 2.37. The molecule has 0 radical (unpaired) electrons. The maximum absolute atomic E-state index is 14.9. The first-order valence-corrected chi connectivity index (χ1v) is 11.5. The lowest BCUT2D eigenvalue weighted by molar-refractivity contribution is -0.0200. The van der Waals surface area contributed by atoms with Crippen LogP contribution >= 0.6 is 0 Å². The molecule has 0 saturated carbocycles. The van der Waals surface area contributed by atoms with Crippen molar-refractivity contribution in [3.05, 3.63) is 29.6 Å². The first kappa shape index (κ1) is 22.8. The van der Waals surface area contributed by atoms with Crippen molar-refractivity contribution in [1.82, 2.24) is 0 Å². The smallest absolute Gasteiger partial charge is 0.399 e. The van der Waals surface area contributed by atoms with Gasteiger partial charge in [0.05, 0.1) is 23.9 Å². The molecule has 2 aliphatic rings. The summed E-state index contributed by atoms with van der Waals surface area (Å²) in [5.74, 6) is 0.379. The second-order valence-electron chi connectivity index (χ2n) is 9.84. The molecule has 2 heterocycles. The molecule has 2 aliphatic heterocycles. The summed E-state index contributed by atoms with van der Waals surface area (Å²) in [5, 5.41) is 0. The monoisotopic (exact) mass is 404 g/mol. The van der Waals surface area contributed by atoms with Gasteiger partial charge in [-0.25, -0.2) is 4.39 Å². The number of hydrogen-bond donors (Lipinski definition) is 0. The fourth-order valence-corrected chi connectivity index (χ4v) is 4.24. The minimum atomic E-state index is -0.668. The van der Waals surface area contributed by atoms with E-state index in [0.717, 1.165) is 18.6 Å². The van der Waals surface area contributed by atoms with E-state index in [2.05, 4.69) is 6.92 Å². The molecule has 5 heteroatoms. The van der Waals surface area contributed by atoms with Gasteiger partial charge in [0.25, 0.3) is 0 Å². The van der Waals surface area contributed by atoms with Crippen molar-refractivity contribution in [3.63, 3.8) is 0 Å². The molecule has 0 bridgehead atoms. The van der Waals surface area contributed by atoms with E-state index in [9.17, 15) is 4.39 Å². The maximum atomic E-state index is 14.9. The van der Waals surface area contributed by atoms with Gasteiger partial charge in [-0.05, 0) is 64.5 Å². The SMILES string of the molecule is CCCCCCCC1CCC(c2ccc(B3OC(C)(C)C(C)(C)O3)c(F)c2)OC1. The number of benzene rings is 1. The van der Waals surface area contributed by atoms with Crippen LogP contribution in [0, 0.1) is 11.7 Å². The standard InChI is InChI=1S/C24H38BFO3/c1-6-7-8-9-10-11-18-12-15-22(27-17-18)19-13-14-20(21(26)16-19)25-28-23(2,3)24(4,5)29-25/h13-14,16,18,22H,6-12,15,17H2,1-5H3. The third-order valence-corrected chi connectivity index (χ3v) is 6.99. The Bertz CT molecular complexity index is 652. The summed E-state index contributed by atoms with van der Waals surface area (Å²) in [4.78, 5) is 0. The molecule has 3 rings (SSSR count). The van der Waals surface area contributed by atoms with Gasteiger partial charge in [-0.2, -0.15) is 0 Å². The summed E-state index contributed by atoms with van der Waals surface area (Å²) in [7, 11) is -0.668. The van der Waals surface area contributed by atoms with Gasteiger partial charge < -0.3 is 14.0 Å². The van der Waals surface area contributed by atoms with E-state index in [-0.39, 0.29) is 11.9 Å². The van der Waals surface area contributed by atoms with E-state index in [1.165, 1.54) is 44.9 Å². The number of hydrogen-bond acceptors (Lipinski definition) is 3. The van der Waals surface area contributed by atoms with Gasteiger partial charge in [-0.1, -0.05) is 51.2 Å². The lowest BCUT2D eigenvalue weighted by Gasteiger charge is -2.32. The average Bonchev–Trinajstić information content (AvgIpc) is 2.89. The molecule has 162 valence electrons. The highest BCUT2D eigenvalue weighted by atomic mass is 19.1. The molecule has 3 nitrogen and oxygen atoms in total. The predicted octanol–water partition coefficient (Wildman–Crippen LogP) is 5.95. The fraction of sp³-hybridized carbons (Fsp3) is 0.750. The lowest BCUT2D eigenvalue weighted by Crippen LogP contribution is -2.41. The van der Waals surface area contributed by atoms with Gasteiger partial charge in [0, 0.05) is 5.46 Å². The molecule has 1 aromatic carbocycles. The van der Waals surface area contributed by atoms with Crippen LogP contribution in [0.2, 0.25) is 0 Å². The molecular formula is C24H38BFO3. The Morgan fingerprint density at radius 1 is 1.00 bits per heavy atom. The van der Waals surface area contributed by atoms with Crippen LogP contribution in [-0.4, -0.2) is 24.9 Å². The Hall–Kier alpha value is -0.905. The third-order valence-electron chi connectivity index (χ3n) is 6.99. The summed E-state index contributed by atoms with van der Waals surface area (Å²) >= 11 is 0. The van der Waals surface area contributed by atoms with Crippen LogP contribution in [0.15, 0.2) is 18.2 Å². The molecule has 29 heavy (non-hydrogen) atoms. The van der Waals surface area contributed by atoms with Crippen LogP contribution in [0.5, 0.6) is 0 Å². The topological polar surface area (TPSA) is 27.7 Å². The van der Waals surface area contributed by atoms with E-state index in [1.807, 2.05) is 33.8 Å². The van der Waals surface area contributed by atoms with E-state index < -0.39 is 18.3 Å². The molecule has 2 unspecified atom stereocenters. The van der Waals surface area contributed by atoms with Gasteiger partial charge in [-0.3, -0.25) is 0 Å². The van der Waals surface area contributed by atoms with Crippen molar-refractivity contribution in [1.29, 1.82) is 0 Å². The number of ether oxygens (including phenoxy) is 1. The van der Waals surface area contributed by atoms with Crippen molar-refractivity contribution in [3.8, 4) is 0 Å². The second kappa shape index (κ2) is 9.49. The number of halogens is 1. The van der Waals surface area contributed by atoms with Crippen molar-refractivity contribution < 1.29 is 18.4 Å². The maximum Gasteiger partial charge on any atom is 0.497 e. The van der Waals surface area contributed by atoms with Crippen molar-refractivity contribution in [2.75, 3.05) is 6.61 Å². The summed E-state index contributed by atoms with van der Waals surface area (Å²) < 4.78 is 33.0. The first-order valence-electron chi connectivity index (χ1n) is 11.5. The first-order chi connectivity index (χ1) is 13.7. The normalized spacial score (nSPS) is 26.1. The van der Waals surface area contributed by atoms with E-state index in [4.69, 9.17) is 14.0 Å². The summed E-state index contributed by atoms with van der Waals surface area (Å²) in [6, 6.07) is 5.38. The Morgan fingerprint density at radius 2 is 1.69 bits per heavy atom. The molecule has 2 fully saturated rings. The van der Waals surface area contributed by atoms with Crippen LogP contribution in [0.4, 0.5) is 4.39 Å². The Labute approximate surface area is 176 Å². The van der Waals surface area contributed by atoms with Crippen molar-refractivity contribution in [2.45, 2.75) is 103 Å².